The molecule has 2 N–H and O–H groups in total. The number of hydrogen-bond donors (Lipinski definition) is 2. The van der Waals surface area contributed by atoms with Crippen molar-refractivity contribution in [3.8, 4) is 0 Å². The Bertz CT molecular complexity index is 1110. The van der Waals surface area contributed by atoms with E-state index < -0.39 is 28.2 Å². The fourth-order valence-corrected chi connectivity index (χ4v) is 7.46. The zero-order valence-electron chi connectivity index (χ0n) is 13.8. The molecule has 29 heavy (non-hydrogen) atoms. The zero-order valence-corrected chi connectivity index (χ0v) is 16.3. The van der Waals surface area contributed by atoms with Crippen molar-refractivity contribution in [3.63, 3.8) is 0 Å². The molecule has 0 bridgehead atoms. The second-order valence-electron chi connectivity index (χ2n) is 5.56. The van der Waals surface area contributed by atoms with Gasteiger partial charge in [-0.3, -0.25) is 9.11 Å². The molecule has 6 nitrogen and oxygen atoms in total. The summed E-state index contributed by atoms with van der Waals surface area (Å²) in [7, 11) is -10.8. The van der Waals surface area contributed by atoms with Crippen LogP contribution in [0.25, 0.3) is 0 Å². The first kappa shape index (κ1) is 28.2. The molecule has 3 rings (SSSR count). The van der Waals surface area contributed by atoms with Gasteiger partial charge in [0.2, 0.25) is 0 Å². The molecule has 0 saturated heterocycles. The van der Waals surface area contributed by atoms with E-state index in [2.05, 4.69) is 0 Å². The van der Waals surface area contributed by atoms with Gasteiger partial charge in [0.25, 0.3) is 20.2 Å². The van der Waals surface area contributed by atoms with E-state index in [0.717, 1.165) is 0 Å². The van der Waals surface area contributed by atoms with E-state index in [-0.39, 0.29) is 123 Å². The summed E-state index contributed by atoms with van der Waals surface area (Å²) in [5, 5.41) is 1.19. The molecule has 11 heteroatoms. The Morgan fingerprint density at radius 1 is 0.552 bits per heavy atom. The fraction of sp³-hybridized carbons (Fsp3) is 0. The summed E-state index contributed by atoms with van der Waals surface area (Å²) in [4.78, 5) is -0.602. The van der Waals surface area contributed by atoms with Gasteiger partial charge in [-0.1, -0.05) is 66.7 Å². The second-order valence-corrected chi connectivity index (χ2v) is 10.5. The van der Waals surface area contributed by atoms with Gasteiger partial charge in [0.1, 0.15) is 9.79 Å². The summed E-state index contributed by atoms with van der Waals surface area (Å²) < 4.78 is 66.9. The topological polar surface area (TPSA) is 109 Å². The molecule has 3 aromatic rings. The SMILES string of the molecule is O=S(=O)(O)c1ccccc1P(c1ccccc1)c1ccccc1S(=O)(=O)O.[KH].[KH]. The van der Waals surface area contributed by atoms with E-state index in [4.69, 9.17) is 0 Å². The summed E-state index contributed by atoms with van der Waals surface area (Å²) in [5.74, 6) is 0. The van der Waals surface area contributed by atoms with Gasteiger partial charge in [0, 0.05) is 10.6 Å². The van der Waals surface area contributed by atoms with Gasteiger partial charge in [0.15, 0.2) is 0 Å². The maximum atomic E-state index is 11.9. The van der Waals surface area contributed by atoms with Crippen molar-refractivity contribution < 1.29 is 25.9 Å². The molecule has 0 unspecified atom stereocenters. The summed E-state index contributed by atoms with van der Waals surface area (Å²) >= 11 is 0. The van der Waals surface area contributed by atoms with E-state index in [0.29, 0.717) is 5.30 Å². The molecule has 0 atom stereocenters. The number of hydrogen-bond acceptors (Lipinski definition) is 4. The van der Waals surface area contributed by atoms with Crippen LogP contribution in [-0.2, 0) is 20.2 Å². The van der Waals surface area contributed by atoms with E-state index in [1.165, 1.54) is 36.4 Å². The number of rotatable bonds is 5. The Morgan fingerprint density at radius 3 is 1.28 bits per heavy atom. The maximum absolute atomic E-state index is 11.9. The molecule has 0 saturated carbocycles. The molecule has 0 aliphatic rings. The van der Waals surface area contributed by atoms with Crippen LogP contribution in [0.2, 0.25) is 0 Å². The van der Waals surface area contributed by atoms with Crippen molar-refractivity contribution >= 4 is 147 Å². The quantitative estimate of drug-likeness (QED) is 0.301. The van der Waals surface area contributed by atoms with Crippen molar-refractivity contribution in [1.29, 1.82) is 0 Å². The van der Waals surface area contributed by atoms with Crippen molar-refractivity contribution in [2.24, 2.45) is 0 Å². The van der Waals surface area contributed by atoms with Crippen LogP contribution >= 0.6 is 7.92 Å². The van der Waals surface area contributed by atoms with E-state index in [1.807, 2.05) is 0 Å². The Morgan fingerprint density at radius 2 is 0.897 bits per heavy atom. The van der Waals surface area contributed by atoms with Crippen LogP contribution in [0.3, 0.4) is 0 Å². The summed E-state index contributed by atoms with van der Waals surface area (Å²) in [6.07, 6.45) is 0. The number of benzene rings is 3. The molecule has 144 valence electrons. The average molecular weight is 503 g/mol. The molecular weight excluding hydrogens is 485 g/mol. The van der Waals surface area contributed by atoms with Crippen LogP contribution in [-0.4, -0.2) is 129 Å². The Labute approximate surface area is 256 Å². The minimum absolute atomic E-state index is 0. The van der Waals surface area contributed by atoms with Gasteiger partial charge >= 0.3 is 103 Å². The molecule has 0 fully saturated rings. The van der Waals surface area contributed by atoms with Crippen molar-refractivity contribution in [1.82, 2.24) is 0 Å². The van der Waals surface area contributed by atoms with Crippen LogP contribution in [0.15, 0.2) is 88.7 Å². The summed E-state index contributed by atoms with van der Waals surface area (Å²) in [6.45, 7) is 0. The standard InChI is InChI=1S/C18H15O6PS2.2K.2H/c19-26(20,21)17-12-6-4-10-15(17)25(14-8-2-1-3-9-14)16-11-5-7-13-18(16)27(22,23)24;;;;/h1-13H,(H,19,20,21)(H,22,23,24);;;;. The Hall–Kier alpha value is 1.18. The molecule has 0 spiro atoms. The first-order valence-corrected chi connectivity index (χ1v) is 11.9. The molecule has 0 amide bonds. The molecular formula is C18H17K2O6PS2. The molecule has 0 aliphatic carbocycles. The zero-order chi connectivity index (χ0) is 19.7. The Kier molecular flexibility index (Phi) is 11.6. The van der Waals surface area contributed by atoms with Crippen molar-refractivity contribution in [3.05, 3.63) is 78.9 Å². The van der Waals surface area contributed by atoms with Crippen molar-refractivity contribution in [2.75, 3.05) is 0 Å². The third-order valence-corrected chi connectivity index (χ3v) is 8.47. The van der Waals surface area contributed by atoms with Crippen LogP contribution in [0.4, 0.5) is 0 Å². The molecule has 0 radical (unpaired) electrons. The van der Waals surface area contributed by atoms with Gasteiger partial charge in [0.05, 0.1) is 0 Å². The van der Waals surface area contributed by atoms with Crippen LogP contribution in [0, 0.1) is 0 Å². The first-order valence-electron chi connectivity index (χ1n) is 7.68. The van der Waals surface area contributed by atoms with Crippen LogP contribution < -0.4 is 15.9 Å². The first-order chi connectivity index (χ1) is 12.7. The van der Waals surface area contributed by atoms with Crippen LogP contribution in [0.1, 0.15) is 0 Å². The van der Waals surface area contributed by atoms with E-state index >= 15 is 0 Å². The molecule has 0 aromatic heterocycles. The third kappa shape index (κ3) is 7.08. The third-order valence-electron chi connectivity index (χ3n) is 3.78. The van der Waals surface area contributed by atoms with Crippen molar-refractivity contribution in [2.45, 2.75) is 9.79 Å². The van der Waals surface area contributed by atoms with Crippen LogP contribution in [0.5, 0.6) is 0 Å². The van der Waals surface area contributed by atoms with Gasteiger partial charge in [-0.2, -0.15) is 16.8 Å². The van der Waals surface area contributed by atoms with E-state index in [1.54, 1.807) is 42.5 Å². The monoisotopic (exact) mass is 502 g/mol. The van der Waals surface area contributed by atoms with Gasteiger partial charge in [-0.25, -0.2) is 0 Å². The van der Waals surface area contributed by atoms with E-state index in [9.17, 15) is 25.9 Å². The normalized spacial score (nSPS) is 11.4. The Balaban J connectivity index is 0.00000210. The predicted molar refractivity (Wildman–Crippen MR) is 119 cm³/mol. The molecule has 3 aromatic carbocycles. The molecule has 0 aliphatic heterocycles. The summed E-state index contributed by atoms with van der Waals surface area (Å²) in [6, 6.07) is 20.5. The predicted octanol–water partition coefficient (Wildman–Crippen LogP) is 0.641. The summed E-state index contributed by atoms with van der Waals surface area (Å²) in [5.41, 5.74) is 0. The second kappa shape index (κ2) is 11.9. The van der Waals surface area contributed by atoms with Gasteiger partial charge < -0.3 is 0 Å². The average Bonchev–Trinajstić information content (AvgIpc) is 2.62. The minimum atomic E-state index is -4.54. The fourth-order valence-electron chi connectivity index (χ4n) is 2.71. The van der Waals surface area contributed by atoms with Gasteiger partial charge in [-0.05, 0) is 25.4 Å². The van der Waals surface area contributed by atoms with Gasteiger partial charge in [-0.15, -0.1) is 0 Å². The molecule has 0 heterocycles.